The minimum absolute atomic E-state index is 0.145. The molecule has 1 aromatic carbocycles. The molecular formula is C15H23NO4S. The van der Waals surface area contributed by atoms with Crippen molar-refractivity contribution in [1.82, 2.24) is 4.72 Å². The molecule has 0 aliphatic rings. The second-order valence-electron chi connectivity index (χ2n) is 5.37. The zero-order valence-electron chi connectivity index (χ0n) is 12.9. The van der Waals surface area contributed by atoms with Crippen LogP contribution in [0.2, 0.25) is 0 Å². The quantitative estimate of drug-likeness (QED) is 0.784. The third kappa shape index (κ3) is 5.47. The number of nitrogens with one attached hydrogen (secondary N) is 1. The highest BCUT2D eigenvalue weighted by Crippen LogP contribution is 2.14. The second kappa shape index (κ2) is 7.56. The van der Waals surface area contributed by atoms with Crippen LogP contribution in [0.3, 0.4) is 0 Å². The number of aryl methyl sites for hydroxylation is 1. The van der Waals surface area contributed by atoms with Crippen LogP contribution < -0.4 is 4.72 Å². The van der Waals surface area contributed by atoms with Gasteiger partial charge < -0.3 is 4.74 Å². The van der Waals surface area contributed by atoms with Gasteiger partial charge in [0.25, 0.3) is 0 Å². The highest BCUT2D eigenvalue weighted by Gasteiger charge is 2.27. The van der Waals surface area contributed by atoms with Crippen molar-refractivity contribution >= 4 is 16.0 Å². The smallest absolute Gasteiger partial charge is 0.324 e. The number of carbonyl (C=O) groups excluding carboxylic acids is 1. The molecule has 6 heteroatoms. The fraction of sp³-hybridized carbons (Fsp3) is 0.533. The molecule has 0 bridgehead atoms. The molecule has 1 rings (SSSR count). The van der Waals surface area contributed by atoms with E-state index in [1.54, 1.807) is 19.1 Å². The molecule has 0 heterocycles. The van der Waals surface area contributed by atoms with Crippen LogP contribution in [0.5, 0.6) is 0 Å². The van der Waals surface area contributed by atoms with E-state index < -0.39 is 22.0 Å². The van der Waals surface area contributed by atoms with Gasteiger partial charge >= 0.3 is 5.97 Å². The fourth-order valence-corrected chi connectivity index (χ4v) is 3.08. The molecule has 5 nitrogen and oxygen atoms in total. The summed E-state index contributed by atoms with van der Waals surface area (Å²) in [5.74, 6) is -0.373. The van der Waals surface area contributed by atoms with Crippen molar-refractivity contribution in [3.05, 3.63) is 29.8 Å². The van der Waals surface area contributed by atoms with E-state index in [0.29, 0.717) is 6.42 Å². The van der Waals surface area contributed by atoms with Gasteiger partial charge in [0.1, 0.15) is 6.04 Å². The molecule has 0 aromatic heterocycles. The SMILES string of the molecule is CCOC(=O)C(CC(C)C)NS(=O)(=O)c1ccc(C)cc1. The summed E-state index contributed by atoms with van der Waals surface area (Å²) in [6.07, 6.45) is 0.393. The second-order valence-corrected chi connectivity index (χ2v) is 7.08. The summed E-state index contributed by atoms with van der Waals surface area (Å²) < 4.78 is 32.0. The Labute approximate surface area is 126 Å². The van der Waals surface area contributed by atoms with Crippen molar-refractivity contribution in [2.24, 2.45) is 5.92 Å². The summed E-state index contributed by atoms with van der Waals surface area (Å²) in [5.41, 5.74) is 0.970. The van der Waals surface area contributed by atoms with E-state index in [0.717, 1.165) is 5.56 Å². The Bertz CT molecular complexity index is 564. The number of benzene rings is 1. The molecule has 0 saturated carbocycles. The first-order valence-corrected chi connectivity index (χ1v) is 8.50. The van der Waals surface area contributed by atoms with Gasteiger partial charge in [0.15, 0.2) is 0 Å². The Balaban J connectivity index is 2.95. The van der Waals surface area contributed by atoms with E-state index in [1.165, 1.54) is 12.1 Å². The molecule has 118 valence electrons. The standard InChI is InChI=1S/C15H23NO4S/c1-5-20-15(17)14(10-11(2)3)16-21(18,19)13-8-6-12(4)7-9-13/h6-9,11,14,16H,5,10H2,1-4H3. The lowest BCUT2D eigenvalue weighted by Gasteiger charge is -2.19. The molecule has 1 aromatic rings. The van der Waals surface area contributed by atoms with Gasteiger partial charge in [-0.15, -0.1) is 0 Å². The van der Waals surface area contributed by atoms with Crippen LogP contribution in [0.15, 0.2) is 29.2 Å². The van der Waals surface area contributed by atoms with E-state index >= 15 is 0 Å². The van der Waals surface area contributed by atoms with Crippen molar-refractivity contribution in [3.8, 4) is 0 Å². The summed E-state index contributed by atoms with van der Waals surface area (Å²) in [6.45, 7) is 7.64. The number of sulfonamides is 1. The average molecular weight is 313 g/mol. The number of rotatable bonds is 7. The highest BCUT2D eigenvalue weighted by molar-refractivity contribution is 7.89. The lowest BCUT2D eigenvalue weighted by Crippen LogP contribution is -2.42. The van der Waals surface area contributed by atoms with E-state index in [4.69, 9.17) is 4.74 Å². The summed E-state index contributed by atoms with van der Waals surface area (Å²) in [4.78, 5) is 12.0. The Morgan fingerprint density at radius 2 is 1.81 bits per heavy atom. The topological polar surface area (TPSA) is 72.5 Å². The maximum atomic E-state index is 12.3. The summed E-state index contributed by atoms with van der Waals surface area (Å²) in [6, 6.07) is 5.62. The third-order valence-corrected chi connectivity index (χ3v) is 4.39. The van der Waals surface area contributed by atoms with Gasteiger partial charge in [-0.25, -0.2) is 8.42 Å². The number of hydrogen-bond donors (Lipinski definition) is 1. The molecule has 0 spiro atoms. The van der Waals surface area contributed by atoms with Crippen LogP contribution in [-0.2, 0) is 19.6 Å². The molecule has 0 saturated heterocycles. The van der Waals surface area contributed by atoms with Gasteiger partial charge in [0.2, 0.25) is 10.0 Å². The molecule has 1 atom stereocenters. The minimum Gasteiger partial charge on any atom is -0.465 e. The van der Waals surface area contributed by atoms with E-state index in [1.807, 2.05) is 20.8 Å². The van der Waals surface area contributed by atoms with Gasteiger partial charge in [-0.2, -0.15) is 4.72 Å². The van der Waals surface area contributed by atoms with Gasteiger partial charge in [-0.3, -0.25) is 4.79 Å². The number of carbonyl (C=O) groups is 1. The molecule has 1 N–H and O–H groups in total. The van der Waals surface area contributed by atoms with Crippen LogP contribution in [0, 0.1) is 12.8 Å². The van der Waals surface area contributed by atoms with E-state index in [2.05, 4.69) is 4.72 Å². The molecule has 1 unspecified atom stereocenters. The van der Waals surface area contributed by atoms with Gasteiger partial charge in [0.05, 0.1) is 11.5 Å². The molecule has 0 radical (unpaired) electrons. The first kappa shape index (κ1) is 17.7. The molecule has 0 aliphatic carbocycles. The van der Waals surface area contributed by atoms with E-state index in [-0.39, 0.29) is 17.4 Å². The number of hydrogen-bond acceptors (Lipinski definition) is 4. The van der Waals surface area contributed by atoms with Crippen molar-refractivity contribution in [2.45, 2.75) is 45.1 Å². The summed E-state index contributed by atoms with van der Waals surface area (Å²) in [7, 11) is -3.74. The predicted molar refractivity (Wildman–Crippen MR) is 81.4 cm³/mol. The maximum Gasteiger partial charge on any atom is 0.324 e. The van der Waals surface area contributed by atoms with Crippen LogP contribution in [0.1, 0.15) is 32.8 Å². The normalized spacial score (nSPS) is 13.2. The molecule has 0 aliphatic heterocycles. The Hall–Kier alpha value is -1.40. The first-order valence-electron chi connectivity index (χ1n) is 7.02. The van der Waals surface area contributed by atoms with Gasteiger partial charge in [-0.05, 0) is 38.3 Å². The lowest BCUT2D eigenvalue weighted by atomic mass is 10.1. The zero-order valence-corrected chi connectivity index (χ0v) is 13.7. The summed E-state index contributed by atoms with van der Waals surface area (Å²) in [5, 5.41) is 0. The largest absolute Gasteiger partial charge is 0.465 e. The Kier molecular flexibility index (Phi) is 6.36. The minimum atomic E-state index is -3.74. The maximum absolute atomic E-state index is 12.3. The van der Waals surface area contributed by atoms with Crippen molar-refractivity contribution in [1.29, 1.82) is 0 Å². The highest BCUT2D eigenvalue weighted by atomic mass is 32.2. The number of ether oxygens (including phenoxy) is 1. The van der Waals surface area contributed by atoms with E-state index in [9.17, 15) is 13.2 Å². The predicted octanol–water partition coefficient (Wildman–Crippen LogP) is 2.25. The van der Waals surface area contributed by atoms with Gasteiger partial charge in [0, 0.05) is 0 Å². The zero-order chi connectivity index (χ0) is 16.0. The lowest BCUT2D eigenvalue weighted by molar-refractivity contribution is -0.145. The fourth-order valence-electron chi connectivity index (χ4n) is 1.88. The molecular weight excluding hydrogens is 290 g/mol. The monoisotopic (exact) mass is 313 g/mol. The van der Waals surface area contributed by atoms with Crippen LogP contribution in [0.25, 0.3) is 0 Å². The summed E-state index contributed by atoms with van der Waals surface area (Å²) >= 11 is 0. The average Bonchev–Trinajstić information content (AvgIpc) is 2.38. The molecule has 0 fully saturated rings. The van der Waals surface area contributed by atoms with Crippen molar-refractivity contribution in [2.75, 3.05) is 6.61 Å². The van der Waals surface area contributed by atoms with Crippen molar-refractivity contribution in [3.63, 3.8) is 0 Å². The third-order valence-electron chi connectivity index (χ3n) is 2.91. The van der Waals surface area contributed by atoms with Gasteiger partial charge in [-0.1, -0.05) is 31.5 Å². The Morgan fingerprint density at radius 1 is 1.24 bits per heavy atom. The van der Waals surface area contributed by atoms with Crippen LogP contribution in [-0.4, -0.2) is 27.0 Å². The van der Waals surface area contributed by atoms with Crippen LogP contribution >= 0.6 is 0 Å². The Morgan fingerprint density at radius 3 is 2.29 bits per heavy atom. The van der Waals surface area contributed by atoms with Crippen LogP contribution in [0.4, 0.5) is 0 Å². The molecule has 21 heavy (non-hydrogen) atoms. The molecule has 0 amide bonds. The number of esters is 1. The first-order chi connectivity index (χ1) is 9.76. The van der Waals surface area contributed by atoms with Crippen molar-refractivity contribution < 1.29 is 17.9 Å².